The van der Waals surface area contributed by atoms with Gasteiger partial charge in [-0.05, 0) is 17.7 Å². The molecule has 2 aromatic carbocycles. The molecule has 6 nitrogen and oxygen atoms in total. The molecule has 2 N–H and O–H groups in total. The summed E-state index contributed by atoms with van der Waals surface area (Å²) in [7, 11) is 0. The van der Waals surface area contributed by atoms with Crippen molar-refractivity contribution in [2.45, 2.75) is 13.0 Å². The summed E-state index contributed by atoms with van der Waals surface area (Å²) in [6, 6.07) is 13.2. The summed E-state index contributed by atoms with van der Waals surface area (Å²) in [5.41, 5.74) is 1.07. The van der Waals surface area contributed by atoms with Crippen LogP contribution in [0.25, 0.3) is 0 Å². The molecule has 8 heteroatoms. The summed E-state index contributed by atoms with van der Waals surface area (Å²) >= 11 is 0. The highest BCUT2D eigenvalue weighted by Crippen LogP contribution is 2.09. The number of nitrogens with one attached hydrogen (secondary N) is 2. The molecule has 1 saturated heterocycles. The molecule has 2 amide bonds. The topological polar surface area (TPSA) is 64.7 Å². The van der Waals surface area contributed by atoms with E-state index >= 15 is 0 Å². The van der Waals surface area contributed by atoms with Crippen LogP contribution in [0.1, 0.15) is 22.3 Å². The number of rotatable bonds is 9. The lowest BCUT2D eigenvalue weighted by atomic mass is 10.2. The predicted octanol–water partition coefficient (Wildman–Crippen LogP) is 2.02. The van der Waals surface area contributed by atoms with Crippen LogP contribution >= 0.6 is 0 Å². The summed E-state index contributed by atoms with van der Waals surface area (Å²) in [5.74, 6) is -2.52. The zero-order valence-electron chi connectivity index (χ0n) is 17.4. The number of piperazine rings is 1. The van der Waals surface area contributed by atoms with Crippen LogP contribution < -0.4 is 10.6 Å². The summed E-state index contributed by atoms with van der Waals surface area (Å²) in [4.78, 5) is 28.6. The van der Waals surface area contributed by atoms with Gasteiger partial charge in [-0.3, -0.25) is 19.4 Å². The lowest BCUT2D eigenvalue weighted by molar-refractivity contribution is -0.121. The van der Waals surface area contributed by atoms with Crippen molar-refractivity contribution in [3.05, 3.63) is 71.3 Å². The molecule has 3 rings (SSSR count). The van der Waals surface area contributed by atoms with E-state index in [1.54, 1.807) is 0 Å². The SMILES string of the molecule is O=C(CCNC(=O)c1ccc(F)cc1F)NCCN1CCN(Cc2ccccc2)CC1. The first kappa shape index (κ1) is 22.8. The average Bonchev–Trinajstić information content (AvgIpc) is 2.75. The Bertz CT molecular complexity index is 871. The van der Waals surface area contributed by atoms with E-state index in [9.17, 15) is 18.4 Å². The summed E-state index contributed by atoms with van der Waals surface area (Å²) < 4.78 is 26.5. The van der Waals surface area contributed by atoms with E-state index < -0.39 is 17.5 Å². The minimum absolute atomic E-state index is 0.0830. The minimum atomic E-state index is -0.925. The number of amides is 2. The molecule has 0 bridgehead atoms. The smallest absolute Gasteiger partial charge is 0.254 e. The molecule has 1 aliphatic rings. The third-order valence-corrected chi connectivity index (χ3v) is 5.28. The summed E-state index contributed by atoms with van der Waals surface area (Å²) in [6.07, 6.45) is 0.0966. The van der Waals surface area contributed by atoms with Crippen LogP contribution in [0.4, 0.5) is 8.78 Å². The van der Waals surface area contributed by atoms with Gasteiger partial charge >= 0.3 is 0 Å². The molecule has 0 radical (unpaired) electrons. The fourth-order valence-electron chi connectivity index (χ4n) is 3.51. The standard InChI is InChI=1S/C23H28F2N4O2/c24-19-6-7-20(21(25)16-19)23(31)27-9-8-22(30)26-10-11-28-12-14-29(15-13-28)17-18-4-2-1-3-5-18/h1-7,16H,8-15,17H2,(H,26,30)(H,27,31). The number of carbonyl (C=O) groups excluding carboxylic acids is 2. The first-order chi connectivity index (χ1) is 15.0. The zero-order chi connectivity index (χ0) is 22.1. The van der Waals surface area contributed by atoms with Gasteiger partial charge in [0.25, 0.3) is 5.91 Å². The Balaban J connectivity index is 1.26. The van der Waals surface area contributed by atoms with Crippen LogP contribution in [0, 0.1) is 11.6 Å². The number of halogens is 2. The van der Waals surface area contributed by atoms with Crippen molar-refractivity contribution in [3.8, 4) is 0 Å². The fraction of sp³-hybridized carbons (Fsp3) is 0.391. The Labute approximate surface area is 181 Å². The highest BCUT2D eigenvalue weighted by Gasteiger charge is 2.17. The van der Waals surface area contributed by atoms with Crippen molar-refractivity contribution < 1.29 is 18.4 Å². The van der Waals surface area contributed by atoms with Gasteiger partial charge in [0.15, 0.2) is 0 Å². The maximum Gasteiger partial charge on any atom is 0.254 e. The van der Waals surface area contributed by atoms with Crippen molar-refractivity contribution in [3.63, 3.8) is 0 Å². The zero-order valence-corrected chi connectivity index (χ0v) is 17.4. The molecule has 0 saturated carbocycles. The molecule has 2 aromatic rings. The van der Waals surface area contributed by atoms with Crippen LogP contribution in [0.5, 0.6) is 0 Å². The maximum absolute atomic E-state index is 13.6. The monoisotopic (exact) mass is 430 g/mol. The van der Waals surface area contributed by atoms with Gasteiger partial charge in [-0.1, -0.05) is 30.3 Å². The first-order valence-electron chi connectivity index (χ1n) is 10.5. The molecule has 1 fully saturated rings. The Kier molecular flexibility index (Phi) is 8.49. The molecule has 0 unspecified atom stereocenters. The lowest BCUT2D eigenvalue weighted by Crippen LogP contribution is -2.48. The fourth-order valence-corrected chi connectivity index (χ4v) is 3.51. The summed E-state index contributed by atoms with van der Waals surface area (Å²) in [6.45, 7) is 6.27. The molecule has 1 aliphatic heterocycles. The second-order valence-corrected chi connectivity index (χ2v) is 7.58. The third kappa shape index (κ3) is 7.41. The number of hydrogen-bond acceptors (Lipinski definition) is 4. The highest BCUT2D eigenvalue weighted by atomic mass is 19.1. The highest BCUT2D eigenvalue weighted by molar-refractivity contribution is 5.94. The number of hydrogen-bond donors (Lipinski definition) is 2. The minimum Gasteiger partial charge on any atom is -0.355 e. The van der Waals surface area contributed by atoms with Gasteiger partial charge in [0, 0.05) is 64.8 Å². The van der Waals surface area contributed by atoms with E-state index in [1.807, 2.05) is 6.07 Å². The molecular weight excluding hydrogens is 402 g/mol. The maximum atomic E-state index is 13.6. The van der Waals surface area contributed by atoms with Crippen molar-refractivity contribution in [2.75, 3.05) is 45.8 Å². The van der Waals surface area contributed by atoms with Gasteiger partial charge < -0.3 is 10.6 Å². The van der Waals surface area contributed by atoms with Crippen LogP contribution in [0.15, 0.2) is 48.5 Å². The second kappa shape index (κ2) is 11.5. The Hall–Kier alpha value is -2.84. The van der Waals surface area contributed by atoms with Crippen LogP contribution in [-0.2, 0) is 11.3 Å². The van der Waals surface area contributed by atoms with Gasteiger partial charge in [-0.15, -0.1) is 0 Å². The van der Waals surface area contributed by atoms with E-state index in [0.29, 0.717) is 12.6 Å². The largest absolute Gasteiger partial charge is 0.355 e. The van der Waals surface area contributed by atoms with E-state index in [-0.39, 0.29) is 24.4 Å². The Morgan fingerprint density at radius 1 is 0.871 bits per heavy atom. The van der Waals surface area contributed by atoms with Crippen molar-refractivity contribution in [2.24, 2.45) is 0 Å². The average molecular weight is 430 g/mol. The quantitative estimate of drug-likeness (QED) is 0.639. The lowest BCUT2D eigenvalue weighted by Gasteiger charge is -2.34. The molecule has 0 aliphatic carbocycles. The van der Waals surface area contributed by atoms with Crippen LogP contribution in [0.2, 0.25) is 0 Å². The first-order valence-corrected chi connectivity index (χ1v) is 10.5. The van der Waals surface area contributed by atoms with Crippen molar-refractivity contribution in [1.82, 2.24) is 20.4 Å². The summed E-state index contributed by atoms with van der Waals surface area (Å²) in [5, 5.41) is 5.32. The predicted molar refractivity (Wildman–Crippen MR) is 114 cm³/mol. The molecule has 166 valence electrons. The molecule has 1 heterocycles. The third-order valence-electron chi connectivity index (χ3n) is 5.28. The Morgan fingerprint density at radius 2 is 1.58 bits per heavy atom. The van der Waals surface area contributed by atoms with E-state index in [0.717, 1.165) is 51.4 Å². The van der Waals surface area contributed by atoms with Gasteiger partial charge in [-0.25, -0.2) is 8.78 Å². The second-order valence-electron chi connectivity index (χ2n) is 7.58. The molecule has 0 atom stereocenters. The van der Waals surface area contributed by atoms with E-state index in [1.165, 1.54) is 5.56 Å². The van der Waals surface area contributed by atoms with E-state index in [4.69, 9.17) is 0 Å². The van der Waals surface area contributed by atoms with Crippen LogP contribution in [-0.4, -0.2) is 67.4 Å². The van der Waals surface area contributed by atoms with Gasteiger partial charge in [0.1, 0.15) is 11.6 Å². The van der Waals surface area contributed by atoms with Gasteiger partial charge in [0.05, 0.1) is 5.56 Å². The molecular formula is C23H28F2N4O2. The number of nitrogens with zero attached hydrogens (tertiary/aromatic N) is 2. The Morgan fingerprint density at radius 3 is 2.29 bits per heavy atom. The molecule has 0 aromatic heterocycles. The number of benzene rings is 2. The van der Waals surface area contributed by atoms with Crippen molar-refractivity contribution >= 4 is 11.8 Å². The normalized spacial score (nSPS) is 14.9. The van der Waals surface area contributed by atoms with Gasteiger partial charge in [-0.2, -0.15) is 0 Å². The number of carbonyl (C=O) groups is 2. The van der Waals surface area contributed by atoms with E-state index in [2.05, 4.69) is 44.7 Å². The van der Waals surface area contributed by atoms with Crippen molar-refractivity contribution in [1.29, 1.82) is 0 Å². The molecule has 31 heavy (non-hydrogen) atoms. The molecule has 0 spiro atoms. The van der Waals surface area contributed by atoms with Crippen LogP contribution in [0.3, 0.4) is 0 Å². The van der Waals surface area contributed by atoms with Gasteiger partial charge in [0.2, 0.25) is 5.91 Å².